The lowest BCUT2D eigenvalue weighted by Gasteiger charge is -2.59. The lowest BCUT2D eigenvalue weighted by Crippen LogP contribution is -2.67. The van der Waals surface area contributed by atoms with Gasteiger partial charge in [-0.25, -0.2) is 4.79 Å². The number of halogens is 1. The van der Waals surface area contributed by atoms with Gasteiger partial charge in [-0.2, -0.15) is 0 Å². The van der Waals surface area contributed by atoms with Crippen molar-refractivity contribution in [3.05, 3.63) is 82.9 Å². The Labute approximate surface area is 240 Å². The second-order valence-electron chi connectivity index (χ2n) is 11.2. The van der Waals surface area contributed by atoms with Crippen molar-refractivity contribution in [1.29, 1.82) is 0 Å². The number of carbonyl (C=O) groups is 5. The Morgan fingerprint density at radius 3 is 1.57 bits per heavy atom. The number of alkyl halides is 1. The van der Waals surface area contributed by atoms with Gasteiger partial charge in [-0.1, -0.05) is 83.5 Å². The first-order valence-corrected chi connectivity index (χ1v) is 14.2. The van der Waals surface area contributed by atoms with Crippen LogP contribution in [-0.2, 0) is 41.8 Å². The molecule has 0 aromatic heterocycles. The van der Waals surface area contributed by atoms with Crippen LogP contribution in [0.4, 0.5) is 0 Å². The normalized spacial score (nSPS) is 32.6. The van der Waals surface area contributed by atoms with Crippen LogP contribution >= 0.6 is 15.9 Å². The van der Waals surface area contributed by atoms with Crippen molar-refractivity contribution in [2.24, 2.45) is 29.1 Å². The third kappa shape index (κ3) is 3.33. The number of rotatable bonds is 6. The summed E-state index contributed by atoms with van der Waals surface area (Å²) in [6.07, 6.45) is 0. The maximum absolute atomic E-state index is 14.2. The molecule has 2 saturated heterocycles. The third-order valence-corrected chi connectivity index (χ3v) is 10.9. The largest absolute Gasteiger partial charge is 0.463 e. The fraction of sp³-hybridized carbons (Fsp3) is 0.387. The Kier molecular flexibility index (Phi) is 6.14. The fourth-order valence-corrected chi connectivity index (χ4v) is 8.81. The summed E-state index contributed by atoms with van der Waals surface area (Å²) in [6.45, 7) is 5.32. The molecular weight excluding hydrogens is 576 g/mol. The van der Waals surface area contributed by atoms with Gasteiger partial charge < -0.3 is 4.74 Å². The molecule has 40 heavy (non-hydrogen) atoms. The van der Waals surface area contributed by atoms with E-state index in [0.717, 1.165) is 11.1 Å². The molecule has 4 amide bonds. The summed E-state index contributed by atoms with van der Waals surface area (Å²) >= 11 is 3.79. The van der Waals surface area contributed by atoms with E-state index < -0.39 is 63.0 Å². The van der Waals surface area contributed by atoms with Crippen LogP contribution in [0.25, 0.3) is 0 Å². The molecule has 1 saturated carbocycles. The summed E-state index contributed by atoms with van der Waals surface area (Å²) < 4.78 is 4.04. The zero-order valence-corrected chi connectivity index (χ0v) is 24.0. The van der Waals surface area contributed by atoms with Crippen molar-refractivity contribution in [3.8, 4) is 0 Å². The molecule has 9 heteroatoms. The predicted molar refractivity (Wildman–Crippen MR) is 147 cm³/mol. The molecule has 4 atom stereocenters. The highest BCUT2D eigenvalue weighted by Crippen LogP contribution is 2.72. The number of likely N-dealkylation sites (tertiary alicyclic amines) is 2. The van der Waals surface area contributed by atoms with Gasteiger partial charge in [-0.3, -0.25) is 29.0 Å². The number of carbonyl (C=O) groups excluding carboxylic acids is 5. The molecular formula is C31H29BrN2O6. The number of allylic oxidation sites excluding steroid dienone is 1. The van der Waals surface area contributed by atoms with E-state index in [0.29, 0.717) is 5.57 Å². The molecule has 0 spiro atoms. The van der Waals surface area contributed by atoms with Crippen LogP contribution in [0, 0.1) is 29.1 Å². The highest BCUT2D eigenvalue weighted by molar-refractivity contribution is 9.10. The van der Waals surface area contributed by atoms with Crippen molar-refractivity contribution in [2.75, 3.05) is 6.61 Å². The highest BCUT2D eigenvalue weighted by Gasteiger charge is 2.81. The zero-order valence-electron chi connectivity index (χ0n) is 22.4. The van der Waals surface area contributed by atoms with Gasteiger partial charge in [-0.15, -0.1) is 0 Å². The lowest BCUT2D eigenvalue weighted by molar-refractivity contribution is -0.152. The van der Waals surface area contributed by atoms with E-state index in [1.165, 1.54) is 9.80 Å². The average Bonchev–Trinajstić information content (AvgIpc) is 3.35. The highest BCUT2D eigenvalue weighted by atomic mass is 79.9. The molecule has 2 heterocycles. The van der Waals surface area contributed by atoms with E-state index in [-0.39, 0.29) is 25.3 Å². The predicted octanol–water partition coefficient (Wildman–Crippen LogP) is 3.64. The molecule has 3 aliphatic carbocycles. The van der Waals surface area contributed by atoms with Crippen LogP contribution in [-0.4, -0.2) is 50.3 Å². The van der Waals surface area contributed by atoms with Crippen LogP contribution in [0.15, 0.2) is 71.8 Å². The van der Waals surface area contributed by atoms with Crippen molar-refractivity contribution >= 4 is 45.5 Å². The van der Waals surface area contributed by atoms with Crippen LogP contribution < -0.4 is 0 Å². The van der Waals surface area contributed by atoms with Crippen molar-refractivity contribution in [3.63, 3.8) is 0 Å². The first-order valence-electron chi connectivity index (χ1n) is 13.4. The van der Waals surface area contributed by atoms with Crippen molar-refractivity contribution in [1.82, 2.24) is 9.80 Å². The summed E-state index contributed by atoms with van der Waals surface area (Å²) in [5, 5.41) is 0. The molecule has 2 aromatic rings. The second kappa shape index (κ2) is 9.23. The lowest BCUT2D eigenvalue weighted by atomic mass is 9.43. The van der Waals surface area contributed by atoms with E-state index in [4.69, 9.17) is 4.74 Å². The van der Waals surface area contributed by atoms with Crippen LogP contribution in [0.2, 0.25) is 0 Å². The molecule has 2 aromatic carbocycles. The van der Waals surface area contributed by atoms with Gasteiger partial charge in [0, 0.05) is 11.0 Å². The van der Waals surface area contributed by atoms with E-state index in [1.54, 1.807) is 20.8 Å². The second-order valence-corrected chi connectivity index (χ2v) is 12.5. The Bertz CT molecular complexity index is 1400. The minimum atomic E-state index is -1.42. The van der Waals surface area contributed by atoms with Gasteiger partial charge in [-0.05, 0) is 30.5 Å². The van der Waals surface area contributed by atoms with E-state index in [9.17, 15) is 24.0 Å². The molecule has 8 nitrogen and oxygen atoms in total. The van der Waals surface area contributed by atoms with E-state index in [2.05, 4.69) is 15.9 Å². The summed E-state index contributed by atoms with van der Waals surface area (Å²) in [7, 11) is 0. The quantitative estimate of drug-likeness (QED) is 0.283. The minimum absolute atomic E-state index is 0.0653. The first-order chi connectivity index (χ1) is 19.1. The maximum atomic E-state index is 14.2. The molecule has 0 radical (unpaired) electrons. The zero-order chi connectivity index (χ0) is 28.6. The van der Waals surface area contributed by atoms with Crippen LogP contribution in [0.1, 0.15) is 31.9 Å². The number of nitrogens with zero attached hydrogens (tertiary/aromatic N) is 2. The SMILES string of the molecule is CCOC(=O)C1=C(C)C2(Br)[C@@H]3C(=O)N(Cc4ccccc4)C(=O)[C@@H]3C1(C)[C@H]1C(=O)N(Cc3ccccc3)C(=O)[C@H]12. The molecule has 5 aliphatic rings. The Balaban J connectivity index is 1.51. The molecule has 2 aliphatic heterocycles. The van der Waals surface area contributed by atoms with Gasteiger partial charge >= 0.3 is 5.97 Å². The first kappa shape index (κ1) is 26.6. The Hall–Kier alpha value is -3.59. The number of imide groups is 2. The van der Waals surface area contributed by atoms with Gasteiger partial charge in [0.2, 0.25) is 23.6 Å². The Morgan fingerprint density at radius 1 is 0.775 bits per heavy atom. The third-order valence-electron chi connectivity index (χ3n) is 9.33. The smallest absolute Gasteiger partial charge is 0.334 e. The number of amides is 4. The van der Waals surface area contributed by atoms with Crippen molar-refractivity contribution in [2.45, 2.75) is 38.2 Å². The molecule has 0 unspecified atom stereocenters. The molecule has 2 bridgehead atoms. The summed E-state index contributed by atoms with van der Waals surface area (Å²) in [5.41, 5.74) is 0.819. The minimum Gasteiger partial charge on any atom is -0.463 e. The van der Waals surface area contributed by atoms with Gasteiger partial charge in [0.15, 0.2) is 0 Å². The van der Waals surface area contributed by atoms with Crippen molar-refractivity contribution < 1.29 is 28.7 Å². The fourth-order valence-electron chi connectivity index (χ4n) is 7.69. The topological polar surface area (TPSA) is 101 Å². The molecule has 206 valence electrons. The van der Waals surface area contributed by atoms with Crippen LogP contribution in [0.3, 0.4) is 0 Å². The summed E-state index contributed by atoms with van der Waals surface area (Å²) in [6, 6.07) is 18.4. The Morgan fingerprint density at radius 2 is 1.18 bits per heavy atom. The number of hydrogen-bond donors (Lipinski definition) is 0. The van der Waals surface area contributed by atoms with Gasteiger partial charge in [0.05, 0.1) is 47.7 Å². The standard InChI is InChI=1S/C31H29BrN2O6/c1-4-40-29(39)20-17(2)31(32)23-21(25(35)33(27(23)37)15-18-11-7-5-8-12-18)30(20,3)22-24(31)28(38)34(26(22)36)16-19-13-9-6-10-14-19/h5-14,21-24H,4,15-16H2,1-3H3/t21-,22-,23+,24+,30?,31?/m1/s1. The van der Waals surface area contributed by atoms with Gasteiger partial charge in [0.25, 0.3) is 0 Å². The van der Waals surface area contributed by atoms with E-state index >= 15 is 0 Å². The average molecular weight is 605 g/mol. The molecule has 3 fully saturated rings. The summed E-state index contributed by atoms with van der Waals surface area (Å²) in [5.74, 6) is -6.29. The monoisotopic (exact) mass is 604 g/mol. The number of esters is 1. The molecule has 0 N–H and O–H groups in total. The number of hydrogen-bond acceptors (Lipinski definition) is 6. The number of ether oxygens (including phenoxy) is 1. The number of benzene rings is 2. The summed E-state index contributed by atoms with van der Waals surface area (Å²) in [4.78, 5) is 72.5. The van der Waals surface area contributed by atoms with Crippen LogP contribution in [0.5, 0.6) is 0 Å². The van der Waals surface area contributed by atoms with Gasteiger partial charge in [0.1, 0.15) is 0 Å². The molecule has 7 rings (SSSR count). The maximum Gasteiger partial charge on any atom is 0.334 e. The van der Waals surface area contributed by atoms with E-state index in [1.807, 2.05) is 60.7 Å².